The first-order valence-corrected chi connectivity index (χ1v) is 7.90. The van der Waals surface area contributed by atoms with Gasteiger partial charge in [-0.05, 0) is 38.0 Å². The summed E-state index contributed by atoms with van der Waals surface area (Å²) >= 11 is 0. The Balaban J connectivity index is 0.00000200. The molecule has 1 aliphatic heterocycles. The number of hydrogen-bond acceptors (Lipinski definition) is 3. The molecule has 1 aliphatic carbocycles. The zero-order chi connectivity index (χ0) is 13.5. The fourth-order valence-electron chi connectivity index (χ4n) is 3.35. The minimum atomic E-state index is 0. The summed E-state index contributed by atoms with van der Waals surface area (Å²) in [7, 11) is 0. The zero-order valence-electron chi connectivity index (χ0n) is 12.3. The Morgan fingerprint density at radius 1 is 1.15 bits per heavy atom. The Kier molecular flexibility index (Phi) is 8.50. The number of hydrogen-bond donors (Lipinski definition) is 2. The minimum Gasteiger partial charge on any atom is -0.378 e. The lowest BCUT2D eigenvalue weighted by Crippen LogP contribution is -2.46. The van der Waals surface area contributed by atoms with Crippen molar-refractivity contribution in [1.82, 2.24) is 5.32 Å². The summed E-state index contributed by atoms with van der Waals surface area (Å²) in [5.74, 6) is 0.697. The van der Waals surface area contributed by atoms with Crippen LogP contribution in [0.5, 0.6) is 0 Å². The average molecular weight is 305 g/mol. The van der Waals surface area contributed by atoms with E-state index in [1.165, 1.54) is 38.5 Å². The van der Waals surface area contributed by atoms with Gasteiger partial charge in [0, 0.05) is 19.2 Å². The highest BCUT2D eigenvalue weighted by molar-refractivity contribution is 5.85. The molecule has 2 unspecified atom stereocenters. The van der Waals surface area contributed by atoms with Crippen LogP contribution in [-0.2, 0) is 9.53 Å². The third-order valence-corrected chi connectivity index (χ3v) is 4.51. The van der Waals surface area contributed by atoms with Gasteiger partial charge in [0.05, 0.1) is 12.5 Å². The van der Waals surface area contributed by atoms with E-state index in [2.05, 4.69) is 5.32 Å². The first-order valence-electron chi connectivity index (χ1n) is 7.90. The topological polar surface area (TPSA) is 64.3 Å². The second-order valence-corrected chi connectivity index (χ2v) is 6.00. The molecule has 3 N–H and O–H groups in total. The predicted molar refractivity (Wildman–Crippen MR) is 83.0 cm³/mol. The van der Waals surface area contributed by atoms with E-state index in [1.54, 1.807) is 0 Å². The van der Waals surface area contributed by atoms with Crippen LogP contribution in [-0.4, -0.2) is 31.2 Å². The smallest absolute Gasteiger partial charge is 0.222 e. The molecule has 1 amide bonds. The van der Waals surface area contributed by atoms with Gasteiger partial charge in [-0.1, -0.05) is 19.3 Å². The average Bonchev–Trinajstić information content (AvgIpc) is 2.47. The number of ether oxygens (including phenoxy) is 1. The molecular weight excluding hydrogens is 276 g/mol. The van der Waals surface area contributed by atoms with Crippen molar-refractivity contribution in [3.8, 4) is 0 Å². The zero-order valence-corrected chi connectivity index (χ0v) is 13.1. The number of halogens is 1. The van der Waals surface area contributed by atoms with E-state index < -0.39 is 0 Å². The van der Waals surface area contributed by atoms with Crippen LogP contribution >= 0.6 is 12.4 Å². The van der Waals surface area contributed by atoms with Crippen LogP contribution in [0.15, 0.2) is 0 Å². The Hall–Kier alpha value is -0.320. The van der Waals surface area contributed by atoms with Gasteiger partial charge in [0.2, 0.25) is 5.91 Å². The number of rotatable bonds is 5. The van der Waals surface area contributed by atoms with E-state index >= 15 is 0 Å². The van der Waals surface area contributed by atoms with Crippen molar-refractivity contribution in [2.24, 2.45) is 11.7 Å². The van der Waals surface area contributed by atoms with Crippen LogP contribution in [0.3, 0.4) is 0 Å². The molecule has 1 saturated carbocycles. The lowest BCUT2D eigenvalue weighted by Gasteiger charge is -2.31. The summed E-state index contributed by atoms with van der Waals surface area (Å²) in [6.07, 6.45) is 10.3. The molecule has 0 aromatic carbocycles. The maximum atomic E-state index is 12.1. The van der Waals surface area contributed by atoms with Crippen LogP contribution in [0.1, 0.15) is 57.8 Å². The highest BCUT2D eigenvalue weighted by Gasteiger charge is 2.25. The molecule has 1 saturated heterocycles. The lowest BCUT2D eigenvalue weighted by molar-refractivity contribution is -0.126. The quantitative estimate of drug-likeness (QED) is 0.819. The molecule has 20 heavy (non-hydrogen) atoms. The van der Waals surface area contributed by atoms with Gasteiger partial charge >= 0.3 is 0 Å². The summed E-state index contributed by atoms with van der Waals surface area (Å²) < 4.78 is 5.62. The molecule has 2 fully saturated rings. The Morgan fingerprint density at radius 2 is 1.85 bits per heavy atom. The molecule has 0 aromatic rings. The molecule has 118 valence electrons. The largest absolute Gasteiger partial charge is 0.378 e. The van der Waals surface area contributed by atoms with Crippen molar-refractivity contribution in [1.29, 1.82) is 0 Å². The van der Waals surface area contributed by atoms with E-state index in [0.717, 1.165) is 19.4 Å². The molecule has 4 nitrogen and oxygen atoms in total. The van der Waals surface area contributed by atoms with Crippen molar-refractivity contribution < 1.29 is 9.53 Å². The van der Waals surface area contributed by atoms with Gasteiger partial charge in [-0.2, -0.15) is 0 Å². The molecule has 2 aliphatic rings. The van der Waals surface area contributed by atoms with Crippen molar-refractivity contribution in [3.63, 3.8) is 0 Å². The number of amides is 1. The number of nitrogens with two attached hydrogens (primary N) is 1. The van der Waals surface area contributed by atoms with Crippen molar-refractivity contribution in [2.75, 3.05) is 13.2 Å². The van der Waals surface area contributed by atoms with Crippen LogP contribution < -0.4 is 11.1 Å². The van der Waals surface area contributed by atoms with Crippen LogP contribution in [0, 0.1) is 5.92 Å². The first kappa shape index (κ1) is 17.7. The maximum absolute atomic E-state index is 12.1. The monoisotopic (exact) mass is 304 g/mol. The second-order valence-electron chi connectivity index (χ2n) is 6.00. The van der Waals surface area contributed by atoms with Gasteiger partial charge in [0.1, 0.15) is 0 Å². The molecule has 0 aromatic heterocycles. The molecule has 0 radical (unpaired) electrons. The SMILES string of the molecule is Cl.NCC(NC(=O)CC1CCCCO1)C1CCCCC1. The maximum Gasteiger partial charge on any atom is 0.222 e. The Bertz CT molecular complexity index is 277. The van der Waals surface area contributed by atoms with Gasteiger partial charge < -0.3 is 15.8 Å². The fraction of sp³-hybridized carbons (Fsp3) is 0.933. The van der Waals surface area contributed by atoms with Crippen LogP contribution in [0.4, 0.5) is 0 Å². The third kappa shape index (κ3) is 5.58. The highest BCUT2D eigenvalue weighted by Crippen LogP contribution is 2.26. The van der Waals surface area contributed by atoms with E-state index in [0.29, 0.717) is 18.9 Å². The molecular formula is C15H29ClN2O2. The first-order chi connectivity index (χ1) is 9.29. The van der Waals surface area contributed by atoms with E-state index in [4.69, 9.17) is 10.5 Å². The fourth-order valence-corrected chi connectivity index (χ4v) is 3.35. The molecule has 0 spiro atoms. The molecule has 2 atom stereocenters. The van der Waals surface area contributed by atoms with Crippen molar-refractivity contribution in [2.45, 2.75) is 69.9 Å². The van der Waals surface area contributed by atoms with Crippen molar-refractivity contribution in [3.05, 3.63) is 0 Å². The van der Waals surface area contributed by atoms with Crippen LogP contribution in [0.25, 0.3) is 0 Å². The summed E-state index contributed by atoms with van der Waals surface area (Å²) in [6.45, 7) is 1.36. The Labute approximate surface area is 128 Å². The van der Waals surface area contributed by atoms with Gasteiger partial charge in [0.25, 0.3) is 0 Å². The van der Waals surface area contributed by atoms with Gasteiger partial charge in [0.15, 0.2) is 0 Å². The molecule has 0 bridgehead atoms. The van der Waals surface area contributed by atoms with Gasteiger partial charge in [-0.15, -0.1) is 12.4 Å². The summed E-state index contributed by atoms with van der Waals surface area (Å²) in [6, 6.07) is 0.163. The van der Waals surface area contributed by atoms with Crippen LogP contribution in [0.2, 0.25) is 0 Å². The number of carbonyl (C=O) groups is 1. The lowest BCUT2D eigenvalue weighted by atomic mass is 9.84. The summed E-state index contributed by atoms with van der Waals surface area (Å²) in [5.41, 5.74) is 5.84. The van der Waals surface area contributed by atoms with E-state index in [1.807, 2.05) is 0 Å². The van der Waals surface area contributed by atoms with E-state index in [-0.39, 0.29) is 30.5 Å². The van der Waals surface area contributed by atoms with Gasteiger partial charge in [-0.3, -0.25) is 4.79 Å². The van der Waals surface area contributed by atoms with E-state index in [9.17, 15) is 4.79 Å². The normalized spacial score (nSPS) is 25.6. The standard InChI is InChI=1S/C15H28N2O2.ClH/c16-11-14(12-6-2-1-3-7-12)17-15(18)10-13-8-4-5-9-19-13;/h12-14H,1-11,16H2,(H,17,18);1H. The third-order valence-electron chi connectivity index (χ3n) is 4.51. The molecule has 2 rings (SSSR count). The second kappa shape index (κ2) is 9.59. The number of carbonyl (C=O) groups excluding carboxylic acids is 1. The van der Waals surface area contributed by atoms with Crippen molar-refractivity contribution >= 4 is 18.3 Å². The highest BCUT2D eigenvalue weighted by atomic mass is 35.5. The minimum absolute atomic E-state index is 0. The predicted octanol–water partition coefficient (Wildman–Crippen LogP) is 2.39. The summed E-state index contributed by atoms with van der Waals surface area (Å²) in [5, 5.41) is 3.14. The number of nitrogens with one attached hydrogen (secondary N) is 1. The molecule has 1 heterocycles. The van der Waals surface area contributed by atoms with Gasteiger partial charge in [-0.25, -0.2) is 0 Å². The Morgan fingerprint density at radius 3 is 2.45 bits per heavy atom. The molecule has 5 heteroatoms. The summed E-state index contributed by atoms with van der Waals surface area (Å²) in [4.78, 5) is 12.1.